The van der Waals surface area contributed by atoms with Crippen LogP contribution in [0.15, 0.2) is 24.3 Å². The third-order valence-electron chi connectivity index (χ3n) is 3.29. The van der Waals surface area contributed by atoms with E-state index in [-0.39, 0.29) is 5.75 Å². The van der Waals surface area contributed by atoms with Crippen LogP contribution in [0.5, 0.6) is 0 Å². The molecule has 1 N–H and O–H groups in total. The summed E-state index contributed by atoms with van der Waals surface area (Å²) in [4.78, 5) is 0. The first-order chi connectivity index (χ1) is 10.1. The van der Waals surface area contributed by atoms with E-state index in [2.05, 4.69) is 11.4 Å². The van der Waals surface area contributed by atoms with E-state index in [1.165, 1.54) is 0 Å². The second kappa shape index (κ2) is 7.80. The standard InChI is InChI=1S/C14H19N3O2S2/c15-11-13-2-1-3-14(10-13)12-16-4-9-21(18,19)17-5-7-20-8-6-17/h1-3,10,16H,4-9,12H2. The topological polar surface area (TPSA) is 73.2 Å². The highest BCUT2D eigenvalue weighted by atomic mass is 32.2. The van der Waals surface area contributed by atoms with Crippen LogP contribution < -0.4 is 5.32 Å². The van der Waals surface area contributed by atoms with Crippen molar-refractivity contribution in [2.45, 2.75) is 6.54 Å². The van der Waals surface area contributed by atoms with Gasteiger partial charge in [-0.25, -0.2) is 12.7 Å². The van der Waals surface area contributed by atoms with Crippen LogP contribution in [0.4, 0.5) is 0 Å². The molecular weight excluding hydrogens is 306 g/mol. The Morgan fingerprint density at radius 3 is 2.81 bits per heavy atom. The quantitative estimate of drug-likeness (QED) is 0.791. The summed E-state index contributed by atoms with van der Waals surface area (Å²) < 4.78 is 25.8. The fourth-order valence-corrected chi connectivity index (χ4v) is 4.67. The summed E-state index contributed by atoms with van der Waals surface area (Å²) in [5.74, 6) is 1.89. The van der Waals surface area contributed by atoms with Crippen molar-refractivity contribution in [1.29, 1.82) is 5.26 Å². The highest BCUT2D eigenvalue weighted by Gasteiger charge is 2.23. The molecule has 0 aliphatic carbocycles. The van der Waals surface area contributed by atoms with E-state index < -0.39 is 10.0 Å². The first-order valence-corrected chi connectivity index (χ1v) is 9.63. The molecule has 1 aromatic rings. The average Bonchev–Trinajstić information content (AvgIpc) is 2.53. The molecule has 7 heteroatoms. The summed E-state index contributed by atoms with van der Waals surface area (Å²) in [5.41, 5.74) is 1.61. The molecule has 0 aromatic heterocycles. The van der Waals surface area contributed by atoms with Crippen molar-refractivity contribution in [3.05, 3.63) is 35.4 Å². The summed E-state index contributed by atoms with van der Waals surface area (Å²) in [6.45, 7) is 2.23. The van der Waals surface area contributed by atoms with Crippen molar-refractivity contribution in [3.63, 3.8) is 0 Å². The van der Waals surface area contributed by atoms with E-state index in [1.54, 1.807) is 22.1 Å². The molecular formula is C14H19N3O2S2. The molecule has 0 atom stereocenters. The number of thioether (sulfide) groups is 1. The third kappa shape index (κ3) is 5.00. The van der Waals surface area contributed by atoms with Crippen molar-refractivity contribution in [1.82, 2.24) is 9.62 Å². The molecule has 0 spiro atoms. The van der Waals surface area contributed by atoms with Gasteiger partial charge in [0.1, 0.15) is 0 Å². The molecule has 0 unspecified atom stereocenters. The van der Waals surface area contributed by atoms with E-state index in [4.69, 9.17) is 5.26 Å². The lowest BCUT2D eigenvalue weighted by molar-refractivity contribution is 0.442. The van der Waals surface area contributed by atoms with Crippen LogP contribution in [0, 0.1) is 11.3 Å². The normalized spacial score (nSPS) is 16.5. The molecule has 1 aromatic carbocycles. The summed E-state index contributed by atoms with van der Waals surface area (Å²) >= 11 is 1.80. The Balaban J connectivity index is 1.77. The fraction of sp³-hybridized carbons (Fsp3) is 0.500. The number of nitrogens with zero attached hydrogens (tertiary/aromatic N) is 2. The Labute approximate surface area is 130 Å². The van der Waals surface area contributed by atoms with Crippen LogP contribution in [-0.4, -0.2) is 49.6 Å². The third-order valence-corrected chi connectivity index (χ3v) is 6.10. The molecule has 21 heavy (non-hydrogen) atoms. The van der Waals surface area contributed by atoms with Crippen LogP contribution >= 0.6 is 11.8 Å². The number of hydrogen-bond acceptors (Lipinski definition) is 5. The van der Waals surface area contributed by atoms with Gasteiger partial charge < -0.3 is 5.32 Å². The maximum atomic E-state index is 12.1. The van der Waals surface area contributed by atoms with Crippen LogP contribution in [0.3, 0.4) is 0 Å². The zero-order valence-corrected chi connectivity index (χ0v) is 13.4. The SMILES string of the molecule is N#Cc1cccc(CNCCS(=O)(=O)N2CCSCC2)c1. The second-order valence-corrected chi connectivity index (χ2v) is 8.13. The van der Waals surface area contributed by atoms with Gasteiger partial charge in [0, 0.05) is 37.7 Å². The molecule has 0 amide bonds. The molecule has 0 radical (unpaired) electrons. The number of nitrogens with one attached hydrogen (secondary N) is 1. The predicted octanol–water partition coefficient (Wildman–Crippen LogP) is 1.03. The second-order valence-electron chi connectivity index (χ2n) is 4.82. The highest BCUT2D eigenvalue weighted by Crippen LogP contribution is 2.13. The van der Waals surface area contributed by atoms with Crippen molar-refractivity contribution in [2.24, 2.45) is 0 Å². The largest absolute Gasteiger partial charge is 0.312 e. The molecule has 1 saturated heterocycles. The highest BCUT2D eigenvalue weighted by molar-refractivity contribution is 7.99. The van der Waals surface area contributed by atoms with Crippen LogP contribution in [0.25, 0.3) is 0 Å². The molecule has 1 aliphatic heterocycles. The number of nitriles is 1. The van der Waals surface area contributed by atoms with Crippen molar-refractivity contribution in [2.75, 3.05) is 36.9 Å². The molecule has 0 saturated carbocycles. The van der Waals surface area contributed by atoms with Gasteiger partial charge in [0.25, 0.3) is 0 Å². The molecule has 2 rings (SSSR count). The van der Waals surface area contributed by atoms with E-state index in [0.717, 1.165) is 17.1 Å². The van der Waals surface area contributed by atoms with Crippen molar-refractivity contribution < 1.29 is 8.42 Å². The first kappa shape index (κ1) is 16.3. The molecule has 1 aliphatic rings. The average molecular weight is 325 g/mol. The Kier molecular flexibility index (Phi) is 6.06. The monoisotopic (exact) mass is 325 g/mol. The maximum absolute atomic E-state index is 12.1. The lowest BCUT2D eigenvalue weighted by Crippen LogP contribution is -2.41. The van der Waals surface area contributed by atoms with Crippen molar-refractivity contribution in [3.8, 4) is 6.07 Å². The van der Waals surface area contributed by atoms with Crippen LogP contribution in [0.1, 0.15) is 11.1 Å². The van der Waals surface area contributed by atoms with E-state index in [9.17, 15) is 8.42 Å². The van der Waals surface area contributed by atoms with E-state index >= 15 is 0 Å². The summed E-state index contributed by atoms with van der Waals surface area (Å²) in [7, 11) is -3.15. The van der Waals surface area contributed by atoms with E-state index in [1.807, 2.05) is 18.2 Å². The zero-order valence-electron chi connectivity index (χ0n) is 11.8. The Bertz CT molecular complexity index is 605. The Morgan fingerprint density at radius 2 is 2.10 bits per heavy atom. The minimum Gasteiger partial charge on any atom is -0.312 e. The van der Waals surface area contributed by atoms with Crippen LogP contribution in [0.2, 0.25) is 0 Å². The van der Waals surface area contributed by atoms with Gasteiger partial charge in [-0.2, -0.15) is 17.0 Å². The summed E-state index contributed by atoms with van der Waals surface area (Å²) in [6.07, 6.45) is 0. The summed E-state index contributed by atoms with van der Waals surface area (Å²) in [6, 6.07) is 9.41. The van der Waals surface area contributed by atoms with Gasteiger partial charge in [-0.15, -0.1) is 0 Å². The molecule has 5 nitrogen and oxygen atoms in total. The minimum absolute atomic E-state index is 0.121. The van der Waals surface area contributed by atoms with Gasteiger partial charge in [0.2, 0.25) is 10.0 Å². The Hall–Kier alpha value is -1.07. The molecule has 114 valence electrons. The fourth-order valence-electron chi connectivity index (χ4n) is 2.14. The summed E-state index contributed by atoms with van der Waals surface area (Å²) in [5, 5.41) is 12.0. The number of hydrogen-bond donors (Lipinski definition) is 1. The molecule has 1 heterocycles. The smallest absolute Gasteiger partial charge is 0.215 e. The van der Waals surface area contributed by atoms with Gasteiger partial charge in [0.05, 0.1) is 17.4 Å². The number of benzene rings is 1. The minimum atomic E-state index is -3.15. The van der Waals surface area contributed by atoms with Crippen molar-refractivity contribution >= 4 is 21.8 Å². The van der Waals surface area contributed by atoms with E-state index in [0.29, 0.717) is 31.7 Å². The maximum Gasteiger partial charge on any atom is 0.215 e. The lowest BCUT2D eigenvalue weighted by atomic mass is 10.1. The number of rotatable bonds is 6. The van der Waals surface area contributed by atoms with Gasteiger partial charge in [-0.05, 0) is 17.7 Å². The van der Waals surface area contributed by atoms with Crippen LogP contribution in [-0.2, 0) is 16.6 Å². The number of sulfonamides is 1. The van der Waals surface area contributed by atoms with Gasteiger partial charge in [-0.1, -0.05) is 12.1 Å². The first-order valence-electron chi connectivity index (χ1n) is 6.87. The lowest BCUT2D eigenvalue weighted by Gasteiger charge is -2.25. The molecule has 1 fully saturated rings. The van der Waals surface area contributed by atoms with Gasteiger partial charge in [0.15, 0.2) is 0 Å². The van der Waals surface area contributed by atoms with Gasteiger partial charge >= 0.3 is 0 Å². The molecule has 0 bridgehead atoms. The zero-order chi connectivity index (χ0) is 15.1. The predicted molar refractivity (Wildman–Crippen MR) is 85.5 cm³/mol. The van der Waals surface area contributed by atoms with Gasteiger partial charge in [-0.3, -0.25) is 0 Å². The Morgan fingerprint density at radius 1 is 1.33 bits per heavy atom.